The van der Waals surface area contributed by atoms with E-state index < -0.39 is 41.5 Å². The van der Waals surface area contributed by atoms with Gasteiger partial charge in [-0.15, -0.1) is 12.4 Å². The van der Waals surface area contributed by atoms with Gasteiger partial charge in [-0.2, -0.15) is 26.3 Å². The van der Waals surface area contributed by atoms with Gasteiger partial charge in [0.05, 0.1) is 23.7 Å². The molecular formula is C23H24ClF6NO3. The van der Waals surface area contributed by atoms with E-state index in [4.69, 9.17) is 4.74 Å². The van der Waals surface area contributed by atoms with Gasteiger partial charge in [0, 0.05) is 13.1 Å². The van der Waals surface area contributed by atoms with Gasteiger partial charge >= 0.3 is 18.3 Å². The number of benzene rings is 2. The van der Waals surface area contributed by atoms with Crippen LogP contribution in [0, 0.1) is 5.92 Å². The molecule has 0 bridgehead atoms. The number of carbonyl (C=O) groups is 1. The van der Waals surface area contributed by atoms with Gasteiger partial charge in [0.1, 0.15) is 6.10 Å². The first-order valence-corrected chi connectivity index (χ1v) is 10.4. The molecule has 1 aliphatic heterocycles. The molecule has 1 atom stereocenters. The minimum atomic E-state index is -4.52. The van der Waals surface area contributed by atoms with E-state index >= 15 is 0 Å². The molecule has 4 nitrogen and oxygen atoms in total. The second kappa shape index (κ2) is 11.4. The van der Waals surface area contributed by atoms with Gasteiger partial charge in [0.15, 0.2) is 0 Å². The number of likely N-dealkylation sites (tertiary alicyclic amines) is 1. The van der Waals surface area contributed by atoms with E-state index in [1.54, 1.807) is 0 Å². The fourth-order valence-corrected chi connectivity index (χ4v) is 3.84. The Kier molecular flexibility index (Phi) is 9.38. The number of hydrogen-bond acceptors (Lipinski definition) is 3. The lowest BCUT2D eigenvalue weighted by atomic mass is 9.98. The predicted molar refractivity (Wildman–Crippen MR) is 115 cm³/mol. The summed E-state index contributed by atoms with van der Waals surface area (Å²) in [6.07, 6.45) is -8.60. The molecule has 0 aliphatic carbocycles. The molecule has 2 aromatic rings. The zero-order chi connectivity index (χ0) is 24.2. The third-order valence-electron chi connectivity index (χ3n) is 5.63. The first kappa shape index (κ1) is 27.9. The lowest BCUT2D eigenvalue weighted by molar-refractivity contribution is -0.143. The number of rotatable bonds is 7. The number of halogens is 7. The summed E-state index contributed by atoms with van der Waals surface area (Å²) in [5, 5.41) is 9.21. The first-order chi connectivity index (χ1) is 15.4. The molecule has 1 N–H and O–H groups in total. The molecule has 3 rings (SSSR count). The number of carboxylic acids is 1. The summed E-state index contributed by atoms with van der Waals surface area (Å²) in [5.41, 5.74) is -0.953. The van der Waals surface area contributed by atoms with Crippen molar-refractivity contribution in [3.8, 4) is 0 Å². The highest BCUT2D eigenvalue weighted by atomic mass is 35.5. The first-order valence-electron chi connectivity index (χ1n) is 10.4. The molecule has 0 amide bonds. The van der Waals surface area contributed by atoms with E-state index in [1.807, 2.05) is 4.90 Å². The van der Waals surface area contributed by atoms with E-state index in [9.17, 15) is 36.2 Å². The van der Waals surface area contributed by atoms with Crippen molar-refractivity contribution in [2.45, 2.75) is 31.3 Å². The van der Waals surface area contributed by atoms with Crippen molar-refractivity contribution in [3.63, 3.8) is 0 Å². The molecular weight excluding hydrogens is 488 g/mol. The van der Waals surface area contributed by atoms with Crippen molar-refractivity contribution in [1.29, 1.82) is 0 Å². The van der Waals surface area contributed by atoms with Crippen LogP contribution in [0.4, 0.5) is 26.3 Å². The summed E-state index contributed by atoms with van der Waals surface area (Å²) in [6.45, 7) is 1.57. The third-order valence-corrected chi connectivity index (χ3v) is 5.63. The highest BCUT2D eigenvalue weighted by Crippen LogP contribution is 2.34. The number of nitrogens with zero attached hydrogens (tertiary/aromatic N) is 1. The van der Waals surface area contributed by atoms with Crippen LogP contribution in [-0.2, 0) is 21.9 Å². The van der Waals surface area contributed by atoms with Crippen molar-refractivity contribution in [2.75, 3.05) is 26.2 Å². The standard InChI is InChI=1S/C23H23F6NO3.ClH/c24-22(25,26)18-7-3-15(4-8-18)20(16-5-9-19(10-6-16)23(27,28)29)33-13-12-30-11-1-2-17(14-30)21(31)32;/h3-10,17,20H,1-2,11-14H2,(H,31,32);1H/t17-;/m0./s1. The largest absolute Gasteiger partial charge is 0.481 e. The number of aliphatic carboxylic acids is 1. The maximum absolute atomic E-state index is 12.9. The number of carboxylic acid groups (broad SMARTS) is 1. The van der Waals surface area contributed by atoms with Crippen molar-refractivity contribution >= 4 is 18.4 Å². The van der Waals surface area contributed by atoms with Crippen molar-refractivity contribution < 1.29 is 41.0 Å². The summed E-state index contributed by atoms with van der Waals surface area (Å²) in [4.78, 5) is 13.2. The normalized spacial score (nSPS) is 17.4. The Morgan fingerprint density at radius 3 is 1.82 bits per heavy atom. The van der Waals surface area contributed by atoms with Crippen LogP contribution in [0.25, 0.3) is 0 Å². The van der Waals surface area contributed by atoms with E-state index in [1.165, 1.54) is 24.3 Å². The highest BCUT2D eigenvalue weighted by molar-refractivity contribution is 5.85. The Hall–Kier alpha value is -2.30. The SMILES string of the molecule is Cl.O=C(O)[C@H]1CCCN(CCOC(c2ccc(C(F)(F)F)cc2)c2ccc(C(F)(F)F)cc2)C1. The fourth-order valence-electron chi connectivity index (χ4n) is 3.84. The van der Waals surface area contributed by atoms with Crippen molar-refractivity contribution in [1.82, 2.24) is 4.90 Å². The molecule has 11 heteroatoms. The van der Waals surface area contributed by atoms with E-state index in [2.05, 4.69) is 0 Å². The van der Waals surface area contributed by atoms with E-state index in [-0.39, 0.29) is 19.0 Å². The molecule has 1 heterocycles. The van der Waals surface area contributed by atoms with Crippen LogP contribution in [0.5, 0.6) is 0 Å². The Labute approximate surface area is 198 Å². The van der Waals surface area contributed by atoms with Crippen LogP contribution in [0.1, 0.15) is 41.2 Å². The molecule has 34 heavy (non-hydrogen) atoms. The molecule has 1 fully saturated rings. The van der Waals surface area contributed by atoms with Gasteiger partial charge < -0.3 is 14.7 Å². The van der Waals surface area contributed by atoms with Crippen LogP contribution in [0.2, 0.25) is 0 Å². The number of piperidine rings is 1. The van der Waals surface area contributed by atoms with Crippen LogP contribution < -0.4 is 0 Å². The minimum absolute atomic E-state index is 0. The third kappa shape index (κ3) is 7.35. The molecule has 1 aliphatic rings. The Balaban J connectivity index is 0.00000408. The summed E-state index contributed by atoms with van der Waals surface area (Å²) in [6, 6.07) is 8.57. The van der Waals surface area contributed by atoms with Gasteiger partial charge in [0.25, 0.3) is 0 Å². The molecule has 0 radical (unpaired) electrons. The molecule has 0 aromatic heterocycles. The van der Waals surface area contributed by atoms with E-state index in [0.29, 0.717) is 37.2 Å². The molecule has 188 valence electrons. The maximum atomic E-state index is 12.9. The molecule has 2 aromatic carbocycles. The molecule has 1 saturated heterocycles. The van der Waals surface area contributed by atoms with Crippen LogP contribution in [0.3, 0.4) is 0 Å². The van der Waals surface area contributed by atoms with Crippen LogP contribution in [0.15, 0.2) is 48.5 Å². The van der Waals surface area contributed by atoms with Crippen LogP contribution in [-0.4, -0.2) is 42.2 Å². The highest BCUT2D eigenvalue weighted by Gasteiger charge is 2.32. The van der Waals surface area contributed by atoms with Gasteiger partial charge in [-0.05, 0) is 54.8 Å². The zero-order valence-electron chi connectivity index (χ0n) is 17.9. The van der Waals surface area contributed by atoms with E-state index in [0.717, 1.165) is 30.7 Å². The van der Waals surface area contributed by atoms with Crippen LogP contribution >= 0.6 is 12.4 Å². The summed E-state index contributed by atoms with van der Waals surface area (Å²) >= 11 is 0. The second-order valence-corrected chi connectivity index (χ2v) is 7.97. The zero-order valence-corrected chi connectivity index (χ0v) is 18.7. The predicted octanol–water partition coefficient (Wildman–Crippen LogP) is 6.05. The average Bonchev–Trinajstić information content (AvgIpc) is 2.76. The average molecular weight is 512 g/mol. The topological polar surface area (TPSA) is 49.8 Å². The lowest BCUT2D eigenvalue weighted by Crippen LogP contribution is -2.40. The summed E-state index contributed by atoms with van der Waals surface area (Å²) in [5.74, 6) is -1.34. The fraction of sp³-hybridized carbons (Fsp3) is 0.435. The number of hydrogen-bond donors (Lipinski definition) is 1. The quantitative estimate of drug-likeness (QED) is 0.460. The number of alkyl halides is 6. The van der Waals surface area contributed by atoms with Crippen molar-refractivity contribution in [2.24, 2.45) is 5.92 Å². The minimum Gasteiger partial charge on any atom is -0.481 e. The maximum Gasteiger partial charge on any atom is 0.416 e. The molecule has 0 unspecified atom stereocenters. The summed E-state index contributed by atoms with van der Waals surface area (Å²) in [7, 11) is 0. The Bertz CT molecular complexity index is 874. The lowest BCUT2D eigenvalue weighted by Gasteiger charge is -2.31. The number of ether oxygens (including phenoxy) is 1. The molecule has 0 saturated carbocycles. The monoisotopic (exact) mass is 511 g/mol. The molecule has 0 spiro atoms. The summed E-state index contributed by atoms with van der Waals surface area (Å²) < 4.78 is 83.4. The second-order valence-electron chi connectivity index (χ2n) is 7.97. The smallest absolute Gasteiger partial charge is 0.416 e. The Morgan fingerprint density at radius 1 is 0.941 bits per heavy atom. The Morgan fingerprint density at radius 2 is 1.41 bits per heavy atom. The van der Waals surface area contributed by atoms with Crippen molar-refractivity contribution in [3.05, 3.63) is 70.8 Å². The van der Waals surface area contributed by atoms with Gasteiger partial charge in [-0.25, -0.2) is 0 Å². The van der Waals surface area contributed by atoms with Gasteiger partial charge in [-0.3, -0.25) is 4.79 Å². The van der Waals surface area contributed by atoms with Gasteiger partial charge in [0.2, 0.25) is 0 Å². The van der Waals surface area contributed by atoms with Gasteiger partial charge in [-0.1, -0.05) is 24.3 Å².